The highest BCUT2D eigenvalue weighted by atomic mass is 35.5. The number of benzene rings is 1. The number of hydrogen-bond acceptors (Lipinski definition) is 2. The predicted octanol–water partition coefficient (Wildman–Crippen LogP) is 3.96. The van der Waals surface area contributed by atoms with Gasteiger partial charge in [0.25, 0.3) is 0 Å². The molecule has 0 fully saturated rings. The van der Waals surface area contributed by atoms with Crippen LogP contribution < -0.4 is 0 Å². The summed E-state index contributed by atoms with van der Waals surface area (Å²) in [5.41, 5.74) is 3.28. The first-order valence-corrected chi connectivity index (χ1v) is 7.15. The molecule has 102 valence electrons. The molecule has 2 rings (SSSR count). The second kappa shape index (κ2) is 6.25. The average Bonchev–Trinajstić information content (AvgIpc) is 2.39. The molecule has 2 unspecified atom stereocenters. The van der Waals surface area contributed by atoms with Crippen molar-refractivity contribution in [2.45, 2.75) is 32.1 Å². The number of halogens is 1. The van der Waals surface area contributed by atoms with Crippen LogP contribution >= 0.6 is 11.6 Å². The van der Waals surface area contributed by atoms with Crippen LogP contribution in [0.4, 0.5) is 0 Å². The van der Waals surface area contributed by atoms with Crippen molar-refractivity contribution in [2.24, 2.45) is 5.92 Å². The maximum absolute atomic E-state index is 12.1. The predicted molar refractivity (Wildman–Crippen MR) is 78.2 cm³/mol. The minimum absolute atomic E-state index is 0.000262. The maximum Gasteiger partial charge on any atom is 0.313 e. The van der Waals surface area contributed by atoms with Gasteiger partial charge >= 0.3 is 5.97 Å². The van der Waals surface area contributed by atoms with Crippen molar-refractivity contribution in [3.05, 3.63) is 41.5 Å². The monoisotopic (exact) mass is 278 g/mol. The summed E-state index contributed by atoms with van der Waals surface area (Å²) < 4.78 is 5.19. The van der Waals surface area contributed by atoms with Crippen LogP contribution in [0.2, 0.25) is 0 Å². The Morgan fingerprint density at radius 3 is 2.79 bits per heavy atom. The zero-order chi connectivity index (χ0) is 13.8. The zero-order valence-electron chi connectivity index (χ0n) is 11.4. The third kappa shape index (κ3) is 3.19. The molecule has 0 bridgehead atoms. The van der Waals surface area contributed by atoms with Crippen molar-refractivity contribution < 1.29 is 9.53 Å². The number of rotatable bonds is 3. The van der Waals surface area contributed by atoms with Crippen LogP contribution in [0, 0.1) is 12.8 Å². The molecule has 2 atom stereocenters. The minimum Gasteiger partial charge on any atom is -0.466 e. The Morgan fingerprint density at radius 2 is 2.11 bits per heavy atom. The summed E-state index contributed by atoms with van der Waals surface area (Å²) >= 11 is 6.23. The van der Waals surface area contributed by atoms with E-state index in [1.165, 1.54) is 0 Å². The van der Waals surface area contributed by atoms with Gasteiger partial charge in [0.1, 0.15) is 0 Å². The van der Waals surface area contributed by atoms with Crippen LogP contribution in [0.25, 0.3) is 5.57 Å². The number of hydrogen-bond donors (Lipinski definition) is 0. The lowest BCUT2D eigenvalue weighted by Crippen LogP contribution is -2.24. The molecule has 1 aromatic rings. The smallest absolute Gasteiger partial charge is 0.313 e. The molecule has 0 saturated heterocycles. The number of ether oxygens (including phenoxy) is 1. The van der Waals surface area contributed by atoms with Gasteiger partial charge in [-0.25, -0.2) is 0 Å². The summed E-state index contributed by atoms with van der Waals surface area (Å²) in [4.78, 5) is 12.1. The Hall–Kier alpha value is -1.28. The number of esters is 1. The van der Waals surface area contributed by atoms with Gasteiger partial charge < -0.3 is 4.74 Å². The largest absolute Gasteiger partial charge is 0.466 e. The standard InChI is InChI=1S/C16H19ClO2/c1-3-19-16(18)14-9-8-12(17)10-15(14)13-7-5-4-6-11(13)2/h4-7,10,12,14H,3,8-9H2,1-2H3. The average molecular weight is 279 g/mol. The highest BCUT2D eigenvalue weighted by Gasteiger charge is 2.30. The van der Waals surface area contributed by atoms with Gasteiger partial charge in [0.15, 0.2) is 0 Å². The van der Waals surface area contributed by atoms with Gasteiger partial charge in [-0.1, -0.05) is 30.3 Å². The number of aryl methyl sites for hydroxylation is 1. The van der Waals surface area contributed by atoms with Crippen molar-refractivity contribution in [3.63, 3.8) is 0 Å². The van der Waals surface area contributed by atoms with Crippen LogP contribution in [-0.2, 0) is 9.53 Å². The molecule has 0 saturated carbocycles. The van der Waals surface area contributed by atoms with E-state index in [1.54, 1.807) is 0 Å². The maximum atomic E-state index is 12.1. The summed E-state index contributed by atoms with van der Waals surface area (Å²) in [6.07, 6.45) is 3.59. The lowest BCUT2D eigenvalue weighted by Gasteiger charge is -2.26. The molecule has 0 radical (unpaired) electrons. The van der Waals surface area contributed by atoms with Crippen LogP contribution in [0.1, 0.15) is 30.9 Å². The van der Waals surface area contributed by atoms with Crippen molar-refractivity contribution in [1.82, 2.24) is 0 Å². The summed E-state index contributed by atoms with van der Waals surface area (Å²) in [6, 6.07) is 8.08. The normalized spacial score (nSPS) is 22.8. The molecule has 19 heavy (non-hydrogen) atoms. The zero-order valence-corrected chi connectivity index (χ0v) is 12.1. The SMILES string of the molecule is CCOC(=O)C1CCC(Cl)C=C1c1ccccc1C. The van der Waals surface area contributed by atoms with E-state index in [0.29, 0.717) is 6.61 Å². The first-order chi connectivity index (χ1) is 9.13. The van der Waals surface area contributed by atoms with E-state index in [4.69, 9.17) is 16.3 Å². The van der Waals surface area contributed by atoms with Crippen molar-refractivity contribution in [3.8, 4) is 0 Å². The molecule has 0 amide bonds. The molecular formula is C16H19ClO2. The lowest BCUT2D eigenvalue weighted by molar-refractivity contribution is -0.146. The van der Waals surface area contributed by atoms with E-state index in [2.05, 4.69) is 13.0 Å². The van der Waals surface area contributed by atoms with Gasteiger partial charge in [-0.3, -0.25) is 4.79 Å². The molecule has 1 aromatic carbocycles. The molecule has 0 heterocycles. The van der Waals surface area contributed by atoms with E-state index in [-0.39, 0.29) is 17.3 Å². The quantitative estimate of drug-likeness (QED) is 0.618. The molecule has 2 nitrogen and oxygen atoms in total. The van der Waals surface area contributed by atoms with E-state index >= 15 is 0 Å². The summed E-state index contributed by atoms with van der Waals surface area (Å²) in [7, 11) is 0. The third-order valence-electron chi connectivity index (χ3n) is 3.49. The van der Waals surface area contributed by atoms with E-state index < -0.39 is 0 Å². The van der Waals surface area contributed by atoms with Crippen molar-refractivity contribution in [2.75, 3.05) is 6.61 Å². The first kappa shape index (κ1) is 14.1. The number of allylic oxidation sites excluding steroid dienone is 1. The third-order valence-corrected chi connectivity index (χ3v) is 3.84. The Morgan fingerprint density at radius 1 is 1.37 bits per heavy atom. The van der Waals surface area contributed by atoms with Crippen LogP contribution in [0.5, 0.6) is 0 Å². The van der Waals surface area contributed by atoms with Crippen LogP contribution in [-0.4, -0.2) is 18.0 Å². The van der Waals surface area contributed by atoms with Crippen molar-refractivity contribution in [1.29, 1.82) is 0 Å². The van der Waals surface area contributed by atoms with Gasteiger partial charge in [-0.2, -0.15) is 0 Å². The van der Waals surface area contributed by atoms with Gasteiger partial charge in [0.05, 0.1) is 17.9 Å². The Labute approximate surface area is 119 Å². The fraction of sp³-hybridized carbons (Fsp3) is 0.438. The highest BCUT2D eigenvalue weighted by Crippen LogP contribution is 2.36. The Balaban J connectivity index is 2.37. The first-order valence-electron chi connectivity index (χ1n) is 6.72. The Kier molecular flexibility index (Phi) is 4.65. The second-order valence-electron chi connectivity index (χ2n) is 4.83. The number of carbonyl (C=O) groups is 1. The van der Waals surface area contributed by atoms with Gasteiger partial charge in [-0.15, -0.1) is 11.6 Å². The fourth-order valence-corrected chi connectivity index (χ4v) is 2.80. The summed E-state index contributed by atoms with van der Waals surface area (Å²) in [5.74, 6) is -0.323. The Bertz CT molecular complexity index is 493. The second-order valence-corrected chi connectivity index (χ2v) is 5.40. The van der Waals surface area contributed by atoms with Gasteiger partial charge in [0, 0.05) is 0 Å². The molecule has 3 heteroatoms. The minimum atomic E-state index is -0.184. The van der Waals surface area contributed by atoms with Crippen molar-refractivity contribution >= 4 is 23.1 Å². The number of alkyl halides is 1. The van der Waals surface area contributed by atoms with Crippen LogP contribution in [0.15, 0.2) is 30.3 Å². The summed E-state index contributed by atoms with van der Waals surface area (Å²) in [5, 5.41) is 0.000262. The van der Waals surface area contributed by atoms with E-state index in [1.807, 2.05) is 31.2 Å². The molecular weight excluding hydrogens is 260 g/mol. The highest BCUT2D eigenvalue weighted by molar-refractivity contribution is 6.22. The number of carbonyl (C=O) groups excluding carboxylic acids is 1. The fourth-order valence-electron chi connectivity index (χ4n) is 2.54. The molecule has 0 N–H and O–H groups in total. The van der Waals surface area contributed by atoms with Gasteiger partial charge in [-0.05, 0) is 43.4 Å². The van der Waals surface area contributed by atoms with E-state index in [9.17, 15) is 4.79 Å². The summed E-state index contributed by atoms with van der Waals surface area (Å²) in [6.45, 7) is 4.30. The topological polar surface area (TPSA) is 26.3 Å². The lowest BCUT2D eigenvalue weighted by atomic mass is 9.82. The molecule has 0 aliphatic heterocycles. The van der Waals surface area contributed by atoms with E-state index in [0.717, 1.165) is 29.5 Å². The molecule has 1 aliphatic rings. The molecule has 0 spiro atoms. The van der Waals surface area contributed by atoms with Crippen LogP contribution in [0.3, 0.4) is 0 Å². The molecule has 1 aliphatic carbocycles. The molecule has 0 aromatic heterocycles. The van der Waals surface area contributed by atoms with Gasteiger partial charge in [0.2, 0.25) is 0 Å².